The lowest BCUT2D eigenvalue weighted by atomic mass is 10.2. The summed E-state index contributed by atoms with van der Waals surface area (Å²) < 4.78 is 5.14. The second-order valence-electron chi connectivity index (χ2n) is 6.00. The minimum Gasteiger partial charge on any atom is -0.459 e. The maximum absolute atomic E-state index is 12.4. The fourth-order valence-electron chi connectivity index (χ4n) is 2.96. The number of carbonyl (C=O) groups excluding carboxylic acids is 2. The van der Waals surface area contributed by atoms with Crippen molar-refractivity contribution in [2.75, 3.05) is 52.4 Å². The van der Waals surface area contributed by atoms with Crippen molar-refractivity contribution in [1.82, 2.24) is 20.0 Å². The first kappa shape index (κ1) is 17.0. The average Bonchev–Trinajstić information content (AvgIpc) is 3.21. The lowest BCUT2D eigenvalue weighted by Gasteiger charge is -2.34. The van der Waals surface area contributed by atoms with E-state index in [1.165, 1.54) is 6.26 Å². The van der Waals surface area contributed by atoms with Gasteiger partial charge in [-0.25, -0.2) is 0 Å². The van der Waals surface area contributed by atoms with Gasteiger partial charge in [-0.3, -0.25) is 9.59 Å². The van der Waals surface area contributed by atoms with Crippen LogP contribution in [-0.2, 0) is 4.79 Å². The van der Waals surface area contributed by atoms with Crippen LogP contribution in [0.2, 0.25) is 0 Å². The number of rotatable bonds is 3. The van der Waals surface area contributed by atoms with Crippen molar-refractivity contribution in [1.29, 1.82) is 5.26 Å². The summed E-state index contributed by atoms with van der Waals surface area (Å²) in [7, 11) is 0. The van der Waals surface area contributed by atoms with E-state index in [0.29, 0.717) is 45.0 Å². The summed E-state index contributed by atoms with van der Waals surface area (Å²) in [5, 5.41) is 12.5. The van der Waals surface area contributed by atoms with Crippen LogP contribution in [0.15, 0.2) is 34.6 Å². The van der Waals surface area contributed by atoms with Gasteiger partial charge in [0.2, 0.25) is 0 Å². The third kappa shape index (κ3) is 4.00. The van der Waals surface area contributed by atoms with E-state index in [2.05, 4.69) is 5.32 Å². The highest BCUT2D eigenvalue weighted by Crippen LogP contribution is 2.11. The molecule has 2 aliphatic heterocycles. The van der Waals surface area contributed by atoms with Crippen LogP contribution in [0, 0.1) is 11.3 Å². The Morgan fingerprint density at radius 3 is 2.44 bits per heavy atom. The number of carbonyl (C=O) groups is 2. The monoisotopic (exact) mass is 343 g/mol. The van der Waals surface area contributed by atoms with E-state index in [1.54, 1.807) is 28.1 Å². The lowest BCUT2D eigenvalue weighted by molar-refractivity contribution is -0.127. The summed E-state index contributed by atoms with van der Waals surface area (Å²) in [5.74, 6) is -0.0280. The van der Waals surface area contributed by atoms with Crippen LogP contribution in [-0.4, -0.2) is 78.9 Å². The predicted molar refractivity (Wildman–Crippen MR) is 89.3 cm³/mol. The Labute approximate surface area is 146 Å². The summed E-state index contributed by atoms with van der Waals surface area (Å²) >= 11 is 0. The first-order chi connectivity index (χ1) is 12.2. The standard InChI is InChI=1S/C17H21N5O3/c18-12-14(16(23)21-5-3-19-4-6-21)13-20-7-9-22(10-8-20)17(24)15-2-1-11-25-15/h1-2,11,13,19H,3-10H2/b14-13-. The minimum atomic E-state index is -0.224. The molecule has 0 unspecified atom stereocenters. The highest BCUT2D eigenvalue weighted by atomic mass is 16.3. The van der Waals surface area contributed by atoms with Crippen molar-refractivity contribution in [2.45, 2.75) is 0 Å². The van der Waals surface area contributed by atoms with Crippen LogP contribution < -0.4 is 5.32 Å². The molecule has 2 aliphatic rings. The summed E-state index contributed by atoms with van der Waals surface area (Å²) in [6, 6.07) is 5.35. The van der Waals surface area contributed by atoms with Gasteiger partial charge in [0.25, 0.3) is 11.8 Å². The first-order valence-corrected chi connectivity index (χ1v) is 8.38. The molecule has 1 N–H and O–H groups in total. The molecule has 0 aliphatic carbocycles. The van der Waals surface area contributed by atoms with Crippen LogP contribution in [0.25, 0.3) is 0 Å². The Hall–Kier alpha value is -2.79. The quantitative estimate of drug-likeness (QED) is 0.607. The van der Waals surface area contributed by atoms with E-state index in [0.717, 1.165) is 13.1 Å². The molecule has 0 radical (unpaired) electrons. The van der Waals surface area contributed by atoms with Gasteiger partial charge in [-0.15, -0.1) is 0 Å². The topological polar surface area (TPSA) is 92.8 Å². The molecule has 3 rings (SSSR count). The second-order valence-corrected chi connectivity index (χ2v) is 6.00. The fourth-order valence-corrected chi connectivity index (χ4v) is 2.96. The third-order valence-electron chi connectivity index (χ3n) is 4.40. The molecule has 1 aromatic rings. The summed E-state index contributed by atoms with van der Waals surface area (Å²) in [6.45, 7) is 4.93. The fraction of sp³-hybridized carbons (Fsp3) is 0.471. The largest absolute Gasteiger partial charge is 0.459 e. The molecule has 8 heteroatoms. The third-order valence-corrected chi connectivity index (χ3v) is 4.40. The molecule has 3 heterocycles. The van der Waals surface area contributed by atoms with E-state index >= 15 is 0 Å². The first-order valence-electron chi connectivity index (χ1n) is 8.38. The van der Waals surface area contributed by atoms with Crippen LogP contribution in [0.4, 0.5) is 0 Å². The van der Waals surface area contributed by atoms with E-state index in [9.17, 15) is 14.9 Å². The Bertz CT molecular complexity index is 678. The molecule has 1 aromatic heterocycles. The maximum atomic E-state index is 12.4. The Morgan fingerprint density at radius 1 is 1.12 bits per heavy atom. The maximum Gasteiger partial charge on any atom is 0.289 e. The van der Waals surface area contributed by atoms with Gasteiger partial charge in [0, 0.05) is 58.6 Å². The Balaban J connectivity index is 1.57. The van der Waals surface area contributed by atoms with Gasteiger partial charge in [-0.2, -0.15) is 5.26 Å². The second kappa shape index (κ2) is 7.85. The van der Waals surface area contributed by atoms with Gasteiger partial charge in [0.1, 0.15) is 11.6 Å². The zero-order valence-electron chi connectivity index (χ0n) is 14.0. The normalized spacial score (nSPS) is 18.8. The zero-order valence-corrected chi connectivity index (χ0v) is 14.0. The number of hydrogen-bond donors (Lipinski definition) is 1. The number of hydrogen-bond acceptors (Lipinski definition) is 6. The van der Waals surface area contributed by atoms with Crippen molar-refractivity contribution >= 4 is 11.8 Å². The Morgan fingerprint density at radius 2 is 1.84 bits per heavy atom. The molecule has 25 heavy (non-hydrogen) atoms. The number of nitrogens with one attached hydrogen (secondary N) is 1. The van der Waals surface area contributed by atoms with Crippen LogP contribution in [0.5, 0.6) is 0 Å². The molecule has 2 saturated heterocycles. The number of nitrogens with zero attached hydrogens (tertiary/aromatic N) is 4. The van der Waals surface area contributed by atoms with E-state index < -0.39 is 0 Å². The average molecular weight is 343 g/mol. The molecule has 0 aromatic carbocycles. The van der Waals surface area contributed by atoms with Crippen molar-refractivity contribution in [2.24, 2.45) is 0 Å². The summed E-state index contributed by atoms with van der Waals surface area (Å²) in [5.41, 5.74) is 0.146. The minimum absolute atomic E-state index is 0.133. The van der Waals surface area contributed by atoms with Gasteiger partial charge >= 0.3 is 0 Å². The van der Waals surface area contributed by atoms with E-state index in [-0.39, 0.29) is 17.4 Å². The highest BCUT2D eigenvalue weighted by molar-refractivity contribution is 5.97. The molecular formula is C17H21N5O3. The van der Waals surface area contributed by atoms with Crippen molar-refractivity contribution in [3.05, 3.63) is 35.9 Å². The van der Waals surface area contributed by atoms with Gasteiger partial charge in [-0.05, 0) is 12.1 Å². The van der Waals surface area contributed by atoms with Crippen molar-refractivity contribution < 1.29 is 14.0 Å². The number of nitriles is 1. The van der Waals surface area contributed by atoms with Gasteiger partial charge < -0.3 is 24.4 Å². The summed E-state index contributed by atoms with van der Waals surface area (Å²) in [4.78, 5) is 30.0. The number of furan rings is 1. The van der Waals surface area contributed by atoms with E-state index in [4.69, 9.17) is 4.42 Å². The van der Waals surface area contributed by atoms with Crippen molar-refractivity contribution in [3.63, 3.8) is 0 Å². The van der Waals surface area contributed by atoms with Crippen LogP contribution in [0.3, 0.4) is 0 Å². The molecule has 8 nitrogen and oxygen atoms in total. The predicted octanol–water partition coefficient (Wildman–Crippen LogP) is -0.123. The molecule has 132 valence electrons. The van der Waals surface area contributed by atoms with Gasteiger partial charge in [0.05, 0.1) is 6.26 Å². The zero-order chi connectivity index (χ0) is 17.6. The smallest absolute Gasteiger partial charge is 0.289 e. The molecule has 0 spiro atoms. The number of amides is 2. The van der Waals surface area contributed by atoms with Gasteiger partial charge in [-0.1, -0.05) is 0 Å². The highest BCUT2D eigenvalue weighted by Gasteiger charge is 2.25. The Kier molecular flexibility index (Phi) is 5.36. The molecule has 2 fully saturated rings. The molecule has 0 saturated carbocycles. The lowest BCUT2D eigenvalue weighted by Crippen LogP contribution is -2.48. The van der Waals surface area contributed by atoms with Crippen LogP contribution >= 0.6 is 0 Å². The molecule has 0 bridgehead atoms. The van der Waals surface area contributed by atoms with Crippen LogP contribution in [0.1, 0.15) is 10.6 Å². The van der Waals surface area contributed by atoms with Crippen molar-refractivity contribution in [3.8, 4) is 6.07 Å². The molecular weight excluding hydrogens is 322 g/mol. The number of piperazine rings is 2. The summed E-state index contributed by atoms with van der Waals surface area (Å²) in [6.07, 6.45) is 3.10. The SMILES string of the molecule is N#C/C(=C/N1CCN(C(=O)c2ccco2)CC1)C(=O)N1CCNCC1. The van der Waals surface area contributed by atoms with Gasteiger partial charge in [0.15, 0.2) is 5.76 Å². The van der Waals surface area contributed by atoms with E-state index in [1.807, 2.05) is 11.0 Å². The molecule has 0 atom stereocenters. The molecule has 2 amide bonds.